The third-order valence-electron chi connectivity index (χ3n) is 7.95. The van der Waals surface area contributed by atoms with Gasteiger partial charge in [0.15, 0.2) is 0 Å². The van der Waals surface area contributed by atoms with Crippen LogP contribution in [0.15, 0.2) is 18.2 Å². The number of carbonyl (C=O) groups is 4. The standard InChI is InChI=1S/C27H27ClF2N2O4/c1-4-21(34)26(11-27(29,30)12-26)10-20(33)24(35)22-14(3)23(32-18-7-15(18)8-19(22)32)25(36)31-16-6-5-13(2)17(28)9-16/h5-6,9,15,18H,4,7-8,10-12H2,1-3H3,(H,31,36)/t15-,18-/m1/s1. The lowest BCUT2D eigenvalue weighted by atomic mass is 9.60. The fourth-order valence-electron chi connectivity index (χ4n) is 6.06. The number of Topliss-reactive ketones (excluding diaryl/α,β-unsaturated/α-hetero) is 3. The number of anilines is 1. The predicted octanol–water partition coefficient (Wildman–Crippen LogP) is 5.66. The Balaban J connectivity index is 1.45. The van der Waals surface area contributed by atoms with Crippen LogP contribution in [0.25, 0.3) is 0 Å². The fourth-order valence-corrected chi connectivity index (χ4v) is 6.24. The van der Waals surface area contributed by atoms with Crippen molar-refractivity contribution in [2.45, 2.75) is 71.3 Å². The summed E-state index contributed by atoms with van der Waals surface area (Å²) >= 11 is 6.19. The van der Waals surface area contributed by atoms with Crippen LogP contribution in [0, 0.1) is 25.2 Å². The molecular formula is C27H27ClF2N2O4. The van der Waals surface area contributed by atoms with Gasteiger partial charge in [0.25, 0.3) is 5.91 Å². The highest BCUT2D eigenvalue weighted by Gasteiger charge is 2.61. The maximum Gasteiger partial charge on any atom is 0.272 e. The first kappa shape index (κ1) is 24.8. The van der Waals surface area contributed by atoms with Crippen LogP contribution in [-0.2, 0) is 16.0 Å². The highest BCUT2D eigenvalue weighted by atomic mass is 35.5. The number of ketones is 3. The van der Waals surface area contributed by atoms with Gasteiger partial charge in [-0.2, -0.15) is 0 Å². The zero-order chi connectivity index (χ0) is 26.2. The number of amides is 1. The van der Waals surface area contributed by atoms with Gasteiger partial charge < -0.3 is 9.88 Å². The summed E-state index contributed by atoms with van der Waals surface area (Å²) in [5.74, 6) is -5.21. The molecule has 9 heteroatoms. The topological polar surface area (TPSA) is 85.2 Å². The van der Waals surface area contributed by atoms with Gasteiger partial charge in [-0.25, -0.2) is 8.78 Å². The highest BCUT2D eigenvalue weighted by molar-refractivity contribution is 6.45. The summed E-state index contributed by atoms with van der Waals surface area (Å²) < 4.78 is 29.3. The summed E-state index contributed by atoms with van der Waals surface area (Å²) in [4.78, 5) is 52.3. The van der Waals surface area contributed by atoms with E-state index in [2.05, 4.69) is 5.32 Å². The molecule has 1 aromatic heterocycles. The Kier molecular flexibility index (Phi) is 5.74. The number of halogens is 3. The van der Waals surface area contributed by atoms with Gasteiger partial charge in [-0.05, 0) is 55.9 Å². The number of fused-ring (bicyclic) bond motifs is 3. The lowest BCUT2D eigenvalue weighted by molar-refractivity contribution is -0.179. The molecule has 6 nitrogen and oxygen atoms in total. The van der Waals surface area contributed by atoms with Gasteiger partial charge in [-0.3, -0.25) is 19.2 Å². The molecule has 0 spiro atoms. The first-order valence-electron chi connectivity index (χ1n) is 12.2. The van der Waals surface area contributed by atoms with E-state index in [0.717, 1.165) is 12.0 Å². The minimum Gasteiger partial charge on any atom is -0.336 e. The molecule has 190 valence electrons. The van der Waals surface area contributed by atoms with E-state index < -0.39 is 53.9 Å². The van der Waals surface area contributed by atoms with Crippen molar-refractivity contribution < 1.29 is 28.0 Å². The molecule has 0 radical (unpaired) electrons. The van der Waals surface area contributed by atoms with Crippen LogP contribution < -0.4 is 5.32 Å². The van der Waals surface area contributed by atoms with E-state index in [1.165, 1.54) is 0 Å². The van der Waals surface area contributed by atoms with Crippen molar-refractivity contribution in [3.63, 3.8) is 0 Å². The summed E-state index contributed by atoms with van der Waals surface area (Å²) in [7, 11) is 0. The summed E-state index contributed by atoms with van der Waals surface area (Å²) in [5, 5.41) is 3.34. The van der Waals surface area contributed by atoms with Crippen molar-refractivity contribution in [1.29, 1.82) is 0 Å². The smallest absolute Gasteiger partial charge is 0.272 e. The molecule has 2 aliphatic carbocycles. The van der Waals surface area contributed by atoms with Gasteiger partial charge in [0.2, 0.25) is 17.5 Å². The van der Waals surface area contributed by atoms with Crippen molar-refractivity contribution >= 4 is 40.5 Å². The SMILES string of the molecule is CCC(=O)C1(CC(=O)C(=O)c2c(C)c(C(=O)Nc3ccc(C)c(Cl)c3)n3c2C[C@H]2C[C@H]23)CC(F)(F)C1. The first-order valence-corrected chi connectivity index (χ1v) is 12.5. The van der Waals surface area contributed by atoms with Gasteiger partial charge in [-0.1, -0.05) is 24.6 Å². The minimum absolute atomic E-state index is 0.0227. The van der Waals surface area contributed by atoms with Crippen molar-refractivity contribution in [2.75, 3.05) is 5.32 Å². The molecule has 2 fully saturated rings. The number of rotatable bonds is 8. The first-order chi connectivity index (χ1) is 16.9. The molecule has 36 heavy (non-hydrogen) atoms. The average Bonchev–Trinajstić information content (AvgIpc) is 3.37. The third-order valence-corrected chi connectivity index (χ3v) is 8.36. The fraction of sp³-hybridized carbons (Fsp3) is 0.481. The molecule has 5 rings (SSSR count). The Bertz CT molecular complexity index is 1340. The van der Waals surface area contributed by atoms with Crippen LogP contribution in [0.3, 0.4) is 0 Å². The van der Waals surface area contributed by atoms with Crippen LogP contribution in [0.4, 0.5) is 14.5 Å². The Morgan fingerprint density at radius 3 is 2.47 bits per heavy atom. The quantitative estimate of drug-likeness (QED) is 0.362. The molecule has 2 heterocycles. The van der Waals surface area contributed by atoms with Gasteiger partial charge >= 0.3 is 0 Å². The second-order valence-corrected chi connectivity index (χ2v) is 11.0. The van der Waals surface area contributed by atoms with Crippen LogP contribution in [0.5, 0.6) is 0 Å². The van der Waals surface area contributed by atoms with Crippen molar-refractivity contribution in [2.24, 2.45) is 11.3 Å². The summed E-state index contributed by atoms with van der Waals surface area (Å²) in [6.45, 7) is 5.05. The van der Waals surface area contributed by atoms with Gasteiger partial charge in [0, 0.05) is 53.5 Å². The van der Waals surface area contributed by atoms with Gasteiger partial charge in [-0.15, -0.1) is 0 Å². The number of nitrogens with one attached hydrogen (secondary N) is 1. The van der Waals surface area contributed by atoms with E-state index in [0.29, 0.717) is 40.0 Å². The molecule has 1 N–H and O–H groups in total. The number of hydrogen-bond acceptors (Lipinski definition) is 4. The van der Waals surface area contributed by atoms with Crippen molar-refractivity contribution in [3.05, 3.63) is 51.3 Å². The van der Waals surface area contributed by atoms with E-state index in [9.17, 15) is 28.0 Å². The maximum atomic E-state index is 13.7. The van der Waals surface area contributed by atoms with Crippen molar-refractivity contribution in [1.82, 2.24) is 4.57 Å². The Labute approximate surface area is 212 Å². The van der Waals surface area contributed by atoms with Crippen LogP contribution >= 0.6 is 11.6 Å². The molecule has 0 unspecified atom stereocenters. The molecule has 2 aromatic rings. The number of carbonyl (C=O) groups excluding carboxylic acids is 4. The number of aryl methyl sites for hydroxylation is 1. The average molecular weight is 517 g/mol. The minimum atomic E-state index is -3.01. The summed E-state index contributed by atoms with van der Waals surface area (Å²) in [6, 6.07) is 5.26. The molecule has 2 atom stereocenters. The number of hydrogen-bond donors (Lipinski definition) is 1. The summed E-state index contributed by atoms with van der Waals surface area (Å²) in [5.41, 5.74) is 1.39. The van der Waals surface area contributed by atoms with Gasteiger partial charge in [0.05, 0.1) is 5.56 Å². The lowest BCUT2D eigenvalue weighted by Gasteiger charge is -2.45. The molecular weight excluding hydrogens is 490 g/mol. The molecule has 2 saturated carbocycles. The second kappa shape index (κ2) is 8.33. The molecule has 0 bridgehead atoms. The molecule has 0 saturated heterocycles. The van der Waals surface area contributed by atoms with Crippen molar-refractivity contribution in [3.8, 4) is 0 Å². The Morgan fingerprint density at radius 1 is 1.17 bits per heavy atom. The number of aromatic nitrogens is 1. The predicted molar refractivity (Wildman–Crippen MR) is 130 cm³/mol. The number of nitrogens with zero attached hydrogens (tertiary/aromatic N) is 1. The highest BCUT2D eigenvalue weighted by Crippen LogP contribution is 2.56. The molecule has 1 aromatic carbocycles. The van der Waals surface area contributed by atoms with Gasteiger partial charge in [0.1, 0.15) is 11.5 Å². The lowest BCUT2D eigenvalue weighted by Crippen LogP contribution is -2.52. The zero-order valence-corrected chi connectivity index (χ0v) is 21.1. The monoisotopic (exact) mass is 516 g/mol. The molecule has 3 aliphatic rings. The molecule has 1 amide bonds. The number of alkyl halides is 2. The Morgan fingerprint density at radius 2 is 1.86 bits per heavy atom. The third kappa shape index (κ3) is 3.90. The largest absolute Gasteiger partial charge is 0.336 e. The normalized spacial score (nSPS) is 22.3. The second-order valence-electron chi connectivity index (χ2n) is 10.5. The maximum absolute atomic E-state index is 13.7. The Hall–Kier alpha value is -2.87. The van der Waals surface area contributed by atoms with E-state index in [1.807, 2.05) is 11.5 Å². The number of benzene rings is 1. The van der Waals surface area contributed by atoms with Crippen LogP contribution in [0.2, 0.25) is 5.02 Å². The van der Waals surface area contributed by atoms with E-state index in [4.69, 9.17) is 11.6 Å². The van der Waals surface area contributed by atoms with E-state index >= 15 is 0 Å². The van der Waals surface area contributed by atoms with E-state index in [1.54, 1.807) is 32.0 Å². The van der Waals surface area contributed by atoms with Crippen LogP contribution in [0.1, 0.15) is 82.7 Å². The van der Waals surface area contributed by atoms with E-state index in [-0.39, 0.29) is 18.0 Å². The van der Waals surface area contributed by atoms with Crippen LogP contribution in [-0.4, -0.2) is 33.7 Å². The molecule has 1 aliphatic heterocycles. The summed E-state index contributed by atoms with van der Waals surface area (Å²) in [6.07, 6.45) is -0.475. The zero-order valence-electron chi connectivity index (χ0n) is 20.3.